The van der Waals surface area contributed by atoms with E-state index in [4.69, 9.17) is 4.74 Å². The molecule has 110 valence electrons. The highest BCUT2D eigenvalue weighted by molar-refractivity contribution is 5.89. The maximum absolute atomic E-state index is 11.0. The van der Waals surface area contributed by atoms with E-state index in [1.807, 2.05) is 0 Å². The molecule has 0 saturated carbocycles. The summed E-state index contributed by atoms with van der Waals surface area (Å²) in [6.07, 6.45) is 1.01. The second kappa shape index (κ2) is 6.72. The number of anilines is 1. The predicted octanol–water partition coefficient (Wildman–Crippen LogP) is 1.32. The fourth-order valence-corrected chi connectivity index (χ4v) is 1.76. The van der Waals surface area contributed by atoms with Crippen LogP contribution < -0.4 is 5.32 Å². The van der Waals surface area contributed by atoms with Crippen LogP contribution in [-0.2, 0) is 14.3 Å². The van der Waals surface area contributed by atoms with Gasteiger partial charge < -0.3 is 14.8 Å². The molecule has 7 nitrogen and oxygen atoms in total. The fraction of sp³-hybridized carbons (Fsp3) is 0.357. The fourth-order valence-electron chi connectivity index (χ4n) is 1.76. The van der Waals surface area contributed by atoms with Crippen molar-refractivity contribution in [2.24, 2.45) is 0 Å². The lowest BCUT2D eigenvalue weighted by Crippen LogP contribution is -2.33. The van der Waals surface area contributed by atoms with Gasteiger partial charge in [0.2, 0.25) is 0 Å². The van der Waals surface area contributed by atoms with Crippen LogP contribution in [0.3, 0.4) is 0 Å². The molecule has 1 N–H and O–H groups in total. The van der Waals surface area contributed by atoms with Crippen molar-refractivity contribution < 1.29 is 19.2 Å². The first kappa shape index (κ1) is 14.8. The Hall–Kier alpha value is -2.59. The molecule has 7 heteroatoms. The molecule has 0 amide bonds. The van der Waals surface area contributed by atoms with Gasteiger partial charge >= 0.3 is 5.97 Å². The summed E-state index contributed by atoms with van der Waals surface area (Å²) in [5, 5.41) is 14.0. The van der Waals surface area contributed by atoms with E-state index in [2.05, 4.69) is 21.9 Å². The van der Waals surface area contributed by atoms with Gasteiger partial charge in [0.25, 0.3) is 5.69 Å². The van der Waals surface area contributed by atoms with Crippen LogP contribution in [0, 0.1) is 22.0 Å². The van der Waals surface area contributed by atoms with Crippen LogP contribution in [0.1, 0.15) is 12.0 Å². The average molecular weight is 290 g/mol. The summed E-state index contributed by atoms with van der Waals surface area (Å²) in [7, 11) is 1.23. The molecule has 0 aromatic heterocycles. The maximum atomic E-state index is 11.0. The van der Waals surface area contributed by atoms with Crippen LogP contribution in [0.2, 0.25) is 0 Å². The first-order chi connectivity index (χ1) is 10.1. The normalized spacial score (nSPS) is 16.1. The van der Waals surface area contributed by atoms with Crippen LogP contribution in [0.4, 0.5) is 11.4 Å². The molecular weight excluding hydrogens is 276 g/mol. The van der Waals surface area contributed by atoms with Crippen LogP contribution in [0.15, 0.2) is 18.2 Å². The molecule has 1 aromatic carbocycles. The first-order valence-corrected chi connectivity index (χ1v) is 6.34. The molecule has 2 rings (SSSR count). The monoisotopic (exact) mass is 290 g/mol. The number of nitrogens with one attached hydrogen (secondary N) is 1. The summed E-state index contributed by atoms with van der Waals surface area (Å²) < 4.78 is 9.67. The molecular formula is C14H14N2O5. The Kier molecular flexibility index (Phi) is 4.74. The number of nitro benzene ring substituents is 1. The number of rotatable bonds is 4. The number of nitro groups is 1. The number of methoxy groups -OCH3 is 1. The number of esters is 1. The van der Waals surface area contributed by atoms with Crippen molar-refractivity contribution in [3.63, 3.8) is 0 Å². The summed E-state index contributed by atoms with van der Waals surface area (Å²) in [4.78, 5) is 21.5. The Balaban J connectivity index is 2.17. The SMILES string of the molecule is COC(=O)C#Cc1ccc([N+](=O)[O-])c(NC[C@@H]2CCO2)c1. The Bertz CT molecular complexity index is 614. The van der Waals surface area contributed by atoms with Gasteiger partial charge in [-0.05, 0) is 18.6 Å². The summed E-state index contributed by atoms with van der Waals surface area (Å²) in [6.45, 7) is 1.22. The number of carbonyl (C=O) groups is 1. The zero-order chi connectivity index (χ0) is 15.2. The summed E-state index contributed by atoms with van der Waals surface area (Å²) in [5.74, 6) is 4.22. The molecule has 0 aliphatic carbocycles. The van der Waals surface area contributed by atoms with E-state index in [0.717, 1.165) is 13.0 Å². The van der Waals surface area contributed by atoms with E-state index in [-0.39, 0.29) is 11.8 Å². The predicted molar refractivity (Wildman–Crippen MR) is 74.8 cm³/mol. The van der Waals surface area contributed by atoms with Crippen LogP contribution in [-0.4, -0.2) is 37.3 Å². The molecule has 1 aliphatic rings. The quantitative estimate of drug-likeness (QED) is 0.389. The third-order valence-electron chi connectivity index (χ3n) is 3.00. The topological polar surface area (TPSA) is 90.7 Å². The van der Waals surface area contributed by atoms with Crippen molar-refractivity contribution in [2.75, 3.05) is 25.6 Å². The highest BCUT2D eigenvalue weighted by atomic mass is 16.6. The van der Waals surface area contributed by atoms with Gasteiger partial charge in [0, 0.05) is 30.7 Å². The molecule has 1 fully saturated rings. The molecule has 1 saturated heterocycles. The number of benzene rings is 1. The zero-order valence-corrected chi connectivity index (χ0v) is 11.4. The van der Waals surface area contributed by atoms with Gasteiger partial charge in [0.05, 0.1) is 18.1 Å². The van der Waals surface area contributed by atoms with Crippen molar-refractivity contribution in [3.8, 4) is 11.8 Å². The van der Waals surface area contributed by atoms with Crippen molar-refractivity contribution in [3.05, 3.63) is 33.9 Å². The highest BCUT2D eigenvalue weighted by Gasteiger charge is 2.20. The van der Waals surface area contributed by atoms with Crippen LogP contribution >= 0.6 is 0 Å². The standard InChI is InChI=1S/C14H14N2O5/c1-20-14(17)5-3-10-2-4-13(16(18)19)12(8-10)15-9-11-6-7-21-11/h2,4,8,11,15H,6-7,9H2,1H3/t11-/m0/s1. The van der Waals surface area contributed by atoms with Gasteiger partial charge in [0.15, 0.2) is 0 Å². The number of nitrogens with zero attached hydrogens (tertiary/aromatic N) is 1. The Morgan fingerprint density at radius 2 is 2.38 bits per heavy atom. The molecule has 0 radical (unpaired) electrons. The smallest absolute Gasteiger partial charge is 0.384 e. The van der Waals surface area contributed by atoms with Gasteiger partial charge in [0.1, 0.15) is 5.69 Å². The van der Waals surface area contributed by atoms with E-state index in [9.17, 15) is 14.9 Å². The van der Waals surface area contributed by atoms with Gasteiger partial charge in [-0.3, -0.25) is 10.1 Å². The second-order valence-corrected chi connectivity index (χ2v) is 4.39. The first-order valence-electron chi connectivity index (χ1n) is 6.34. The van der Waals surface area contributed by atoms with Crippen molar-refractivity contribution >= 4 is 17.3 Å². The summed E-state index contributed by atoms with van der Waals surface area (Å²) >= 11 is 0. The van der Waals surface area contributed by atoms with Gasteiger partial charge in [-0.25, -0.2) is 4.79 Å². The summed E-state index contributed by atoms with van der Waals surface area (Å²) in [6, 6.07) is 4.37. The molecule has 1 atom stereocenters. The second-order valence-electron chi connectivity index (χ2n) is 4.39. The molecule has 0 unspecified atom stereocenters. The Labute approximate surface area is 121 Å². The number of ether oxygens (including phenoxy) is 2. The van der Waals surface area contributed by atoms with Crippen molar-refractivity contribution in [2.45, 2.75) is 12.5 Å². The molecule has 1 heterocycles. The van der Waals surface area contributed by atoms with Crippen molar-refractivity contribution in [1.29, 1.82) is 0 Å². The third-order valence-corrected chi connectivity index (χ3v) is 3.00. The van der Waals surface area contributed by atoms with Crippen LogP contribution in [0.5, 0.6) is 0 Å². The van der Waals surface area contributed by atoms with E-state index in [0.29, 0.717) is 17.8 Å². The zero-order valence-electron chi connectivity index (χ0n) is 11.4. The number of hydrogen-bond acceptors (Lipinski definition) is 6. The molecule has 0 spiro atoms. The van der Waals surface area contributed by atoms with Crippen LogP contribution in [0.25, 0.3) is 0 Å². The van der Waals surface area contributed by atoms with Gasteiger partial charge in [-0.15, -0.1) is 0 Å². The van der Waals surface area contributed by atoms with E-state index >= 15 is 0 Å². The number of hydrogen-bond donors (Lipinski definition) is 1. The lowest BCUT2D eigenvalue weighted by molar-refractivity contribution is -0.384. The minimum absolute atomic E-state index is 0.0436. The molecule has 1 aromatic rings. The Morgan fingerprint density at radius 1 is 1.62 bits per heavy atom. The maximum Gasteiger partial charge on any atom is 0.384 e. The lowest BCUT2D eigenvalue weighted by Gasteiger charge is -2.26. The van der Waals surface area contributed by atoms with Gasteiger partial charge in [-0.1, -0.05) is 5.92 Å². The third kappa shape index (κ3) is 3.94. The summed E-state index contributed by atoms with van der Waals surface area (Å²) in [5.41, 5.74) is 0.799. The molecule has 0 bridgehead atoms. The molecule has 1 aliphatic heterocycles. The van der Waals surface area contributed by atoms with E-state index < -0.39 is 10.9 Å². The van der Waals surface area contributed by atoms with E-state index in [1.54, 1.807) is 0 Å². The largest absolute Gasteiger partial charge is 0.459 e. The highest BCUT2D eigenvalue weighted by Crippen LogP contribution is 2.26. The Morgan fingerprint density at radius 3 is 2.95 bits per heavy atom. The average Bonchev–Trinajstić information content (AvgIpc) is 2.42. The minimum Gasteiger partial charge on any atom is -0.459 e. The minimum atomic E-state index is -0.661. The van der Waals surface area contributed by atoms with Crippen molar-refractivity contribution in [1.82, 2.24) is 0 Å². The lowest BCUT2D eigenvalue weighted by atomic mass is 10.1. The van der Waals surface area contributed by atoms with Gasteiger partial charge in [-0.2, -0.15) is 0 Å². The number of carbonyl (C=O) groups excluding carboxylic acids is 1. The molecule has 21 heavy (non-hydrogen) atoms. The van der Waals surface area contributed by atoms with E-state index in [1.165, 1.54) is 25.3 Å².